The lowest BCUT2D eigenvalue weighted by Gasteiger charge is -2.39. The van der Waals surface area contributed by atoms with Gasteiger partial charge in [0, 0.05) is 17.5 Å². The first-order valence-electron chi connectivity index (χ1n) is 7.72. The minimum Gasteiger partial charge on any atom is -0.444 e. The van der Waals surface area contributed by atoms with Crippen LogP contribution in [0.5, 0.6) is 0 Å². The minimum absolute atomic E-state index is 0.116. The van der Waals surface area contributed by atoms with Crippen molar-refractivity contribution in [1.29, 1.82) is 0 Å². The van der Waals surface area contributed by atoms with Crippen molar-refractivity contribution < 1.29 is 14.3 Å². The van der Waals surface area contributed by atoms with E-state index >= 15 is 0 Å². The summed E-state index contributed by atoms with van der Waals surface area (Å²) in [5.74, 6) is 0. The molecule has 0 aliphatic carbocycles. The normalized spacial score (nSPS) is 20.7. The second-order valence-electron chi connectivity index (χ2n) is 6.60. The van der Waals surface area contributed by atoms with Gasteiger partial charge in [-0.05, 0) is 45.1 Å². The topological polar surface area (TPSA) is 64.8 Å². The average Bonchev–Trinajstić information content (AvgIpc) is 2.96. The van der Waals surface area contributed by atoms with Crippen LogP contribution in [0.15, 0.2) is 17.5 Å². The van der Waals surface area contributed by atoms with Crippen molar-refractivity contribution >= 4 is 17.4 Å². The molecule has 0 bridgehead atoms. The number of morpholine rings is 1. The average molecular weight is 326 g/mol. The van der Waals surface area contributed by atoms with Crippen LogP contribution in [-0.4, -0.2) is 48.4 Å². The lowest BCUT2D eigenvalue weighted by atomic mass is 10.0. The van der Waals surface area contributed by atoms with Crippen LogP contribution < -0.4 is 5.73 Å². The second kappa shape index (κ2) is 7.44. The molecule has 2 heterocycles. The van der Waals surface area contributed by atoms with Gasteiger partial charge in [0.05, 0.1) is 19.3 Å². The lowest BCUT2D eigenvalue weighted by Crippen LogP contribution is -2.57. The Hall–Kier alpha value is -1.11. The van der Waals surface area contributed by atoms with Gasteiger partial charge in [-0.15, -0.1) is 11.3 Å². The third-order valence-corrected chi connectivity index (χ3v) is 4.53. The molecule has 2 rings (SSSR count). The highest BCUT2D eigenvalue weighted by atomic mass is 32.1. The molecule has 1 saturated heterocycles. The molecular formula is C16H26N2O3S. The summed E-state index contributed by atoms with van der Waals surface area (Å²) in [5.41, 5.74) is 5.83. The molecule has 1 aliphatic heterocycles. The Balaban J connectivity index is 1.94. The quantitative estimate of drug-likeness (QED) is 0.924. The molecule has 1 amide bonds. The zero-order valence-corrected chi connectivity index (χ0v) is 14.4. The number of hydrogen-bond acceptors (Lipinski definition) is 5. The molecule has 0 spiro atoms. The maximum Gasteiger partial charge on any atom is 0.410 e. The lowest BCUT2D eigenvalue weighted by molar-refractivity contribution is -0.0384. The molecule has 1 aliphatic rings. The molecule has 6 heteroatoms. The van der Waals surface area contributed by atoms with Crippen LogP contribution in [0.1, 0.15) is 32.1 Å². The monoisotopic (exact) mass is 326 g/mol. The summed E-state index contributed by atoms with van der Waals surface area (Å²) >= 11 is 1.73. The van der Waals surface area contributed by atoms with Crippen molar-refractivity contribution in [2.75, 3.05) is 19.8 Å². The van der Waals surface area contributed by atoms with Crippen molar-refractivity contribution in [3.05, 3.63) is 22.4 Å². The zero-order chi connectivity index (χ0) is 16.2. The first-order valence-corrected chi connectivity index (χ1v) is 8.60. The van der Waals surface area contributed by atoms with Gasteiger partial charge in [0.2, 0.25) is 0 Å². The van der Waals surface area contributed by atoms with Crippen LogP contribution in [0.25, 0.3) is 0 Å². The smallest absolute Gasteiger partial charge is 0.410 e. The predicted molar refractivity (Wildman–Crippen MR) is 88.2 cm³/mol. The summed E-state index contributed by atoms with van der Waals surface area (Å²) < 4.78 is 11.0. The Labute approximate surface area is 136 Å². The van der Waals surface area contributed by atoms with E-state index in [0.717, 1.165) is 12.8 Å². The molecule has 2 N–H and O–H groups in total. The molecule has 0 aromatic carbocycles. The van der Waals surface area contributed by atoms with Crippen molar-refractivity contribution in [3.63, 3.8) is 0 Å². The number of ether oxygens (including phenoxy) is 2. The van der Waals surface area contributed by atoms with E-state index in [9.17, 15) is 4.79 Å². The Morgan fingerprint density at radius 1 is 1.59 bits per heavy atom. The number of nitrogens with two attached hydrogens (primary N) is 1. The highest BCUT2D eigenvalue weighted by Crippen LogP contribution is 2.19. The third kappa shape index (κ3) is 4.97. The summed E-state index contributed by atoms with van der Waals surface area (Å²) in [4.78, 5) is 15.4. The van der Waals surface area contributed by atoms with Gasteiger partial charge in [-0.2, -0.15) is 0 Å². The first kappa shape index (κ1) is 17.2. The van der Waals surface area contributed by atoms with Gasteiger partial charge < -0.3 is 15.2 Å². The molecule has 5 nitrogen and oxygen atoms in total. The highest BCUT2D eigenvalue weighted by Gasteiger charge is 2.34. The molecule has 1 aromatic rings. The van der Waals surface area contributed by atoms with Crippen molar-refractivity contribution in [2.45, 2.75) is 51.3 Å². The van der Waals surface area contributed by atoms with Crippen LogP contribution in [0.3, 0.4) is 0 Å². The zero-order valence-electron chi connectivity index (χ0n) is 13.6. The van der Waals surface area contributed by atoms with Crippen LogP contribution >= 0.6 is 11.3 Å². The highest BCUT2D eigenvalue weighted by molar-refractivity contribution is 7.09. The number of carbonyl (C=O) groups excluding carboxylic acids is 1. The van der Waals surface area contributed by atoms with Crippen molar-refractivity contribution in [1.82, 2.24) is 4.90 Å². The molecule has 0 radical (unpaired) electrons. The van der Waals surface area contributed by atoms with Gasteiger partial charge in [0.1, 0.15) is 5.60 Å². The number of nitrogens with zero attached hydrogens (tertiary/aromatic N) is 1. The van der Waals surface area contributed by atoms with Gasteiger partial charge in [-0.3, -0.25) is 4.90 Å². The summed E-state index contributed by atoms with van der Waals surface area (Å²) in [6, 6.07) is 3.92. The fourth-order valence-corrected chi connectivity index (χ4v) is 3.21. The van der Waals surface area contributed by atoms with E-state index in [2.05, 4.69) is 11.4 Å². The molecule has 1 aromatic heterocycles. The van der Waals surface area contributed by atoms with Gasteiger partial charge in [-0.25, -0.2) is 4.79 Å². The van der Waals surface area contributed by atoms with Crippen LogP contribution in [0, 0.1) is 0 Å². The molecule has 124 valence electrons. The van der Waals surface area contributed by atoms with Gasteiger partial charge in [0.25, 0.3) is 0 Å². The van der Waals surface area contributed by atoms with E-state index in [-0.39, 0.29) is 18.2 Å². The Morgan fingerprint density at radius 2 is 2.36 bits per heavy atom. The van der Waals surface area contributed by atoms with E-state index in [0.29, 0.717) is 19.8 Å². The predicted octanol–water partition coefficient (Wildman–Crippen LogP) is 2.64. The van der Waals surface area contributed by atoms with Gasteiger partial charge >= 0.3 is 6.09 Å². The van der Waals surface area contributed by atoms with E-state index in [4.69, 9.17) is 15.2 Å². The molecule has 1 fully saturated rings. The van der Waals surface area contributed by atoms with Crippen LogP contribution in [0.4, 0.5) is 4.79 Å². The largest absolute Gasteiger partial charge is 0.444 e. The number of hydrogen-bond donors (Lipinski definition) is 1. The Morgan fingerprint density at radius 3 is 3.00 bits per heavy atom. The molecule has 0 saturated carbocycles. The van der Waals surface area contributed by atoms with Crippen LogP contribution in [0.2, 0.25) is 0 Å². The van der Waals surface area contributed by atoms with Crippen molar-refractivity contribution in [3.8, 4) is 0 Å². The fourth-order valence-electron chi connectivity index (χ4n) is 2.48. The molecule has 2 unspecified atom stereocenters. The first-order chi connectivity index (χ1) is 10.4. The third-order valence-electron chi connectivity index (χ3n) is 3.59. The van der Waals surface area contributed by atoms with Crippen molar-refractivity contribution in [2.24, 2.45) is 5.73 Å². The van der Waals surface area contributed by atoms with E-state index < -0.39 is 5.60 Å². The summed E-state index contributed by atoms with van der Waals surface area (Å²) in [6.07, 6.45) is 1.46. The summed E-state index contributed by atoms with van der Waals surface area (Å²) in [6.45, 7) is 7.16. The number of thiophene rings is 1. The maximum absolute atomic E-state index is 12.4. The minimum atomic E-state index is -0.499. The van der Waals surface area contributed by atoms with E-state index in [1.807, 2.05) is 26.8 Å². The summed E-state index contributed by atoms with van der Waals surface area (Å²) in [5, 5.41) is 2.07. The molecule has 2 atom stereocenters. The van der Waals surface area contributed by atoms with E-state index in [1.165, 1.54) is 4.88 Å². The van der Waals surface area contributed by atoms with Gasteiger partial charge in [0.15, 0.2) is 0 Å². The summed E-state index contributed by atoms with van der Waals surface area (Å²) in [7, 11) is 0. The maximum atomic E-state index is 12.4. The number of rotatable bonds is 4. The number of carbonyl (C=O) groups is 1. The van der Waals surface area contributed by atoms with Gasteiger partial charge in [-0.1, -0.05) is 6.07 Å². The molecule has 22 heavy (non-hydrogen) atoms. The number of amides is 1. The van der Waals surface area contributed by atoms with E-state index in [1.54, 1.807) is 16.2 Å². The molecular weight excluding hydrogens is 300 g/mol. The Kier molecular flexibility index (Phi) is 5.83. The number of aryl methyl sites for hydroxylation is 1. The standard InChI is InChI=1S/C16H26N2O3S/c1-16(2,3)21-15(19)18-8-9-20-11-14(18)13(17)7-6-12-5-4-10-22-12/h4-5,10,13-14H,6-9,11,17H2,1-3H3. The SMILES string of the molecule is CC(C)(C)OC(=O)N1CCOCC1C(N)CCc1cccs1. The second-order valence-corrected chi connectivity index (χ2v) is 7.63. The fraction of sp³-hybridized carbons (Fsp3) is 0.688. The Bertz CT molecular complexity index is 470. The van der Waals surface area contributed by atoms with Crippen LogP contribution in [-0.2, 0) is 15.9 Å².